The lowest BCUT2D eigenvalue weighted by Gasteiger charge is -2.29. The average molecular weight is 345 g/mol. The Morgan fingerprint density at radius 3 is 2.83 bits per heavy atom. The summed E-state index contributed by atoms with van der Waals surface area (Å²) >= 11 is 6.07. The lowest BCUT2D eigenvalue weighted by Crippen LogP contribution is -2.31. The van der Waals surface area contributed by atoms with Gasteiger partial charge in [-0.3, -0.25) is 4.99 Å². The number of hydrogen-bond acceptors (Lipinski definition) is 5. The summed E-state index contributed by atoms with van der Waals surface area (Å²) in [5, 5.41) is 9.10. The van der Waals surface area contributed by atoms with Crippen LogP contribution in [0, 0.1) is 17.2 Å². The molecule has 5 nitrogen and oxygen atoms in total. The fourth-order valence-corrected chi connectivity index (χ4v) is 3.04. The molecule has 2 atom stereocenters. The number of hydrogen-bond donors (Lipinski definition) is 0. The summed E-state index contributed by atoms with van der Waals surface area (Å²) in [4.78, 5) is 28.5. The maximum atomic E-state index is 12.5. The van der Waals surface area contributed by atoms with E-state index in [4.69, 9.17) is 21.6 Å². The van der Waals surface area contributed by atoms with Crippen LogP contribution in [0.4, 0.5) is 0 Å². The van der Waals surface area contributed by atoms with Crippen LogP contribution in [0.5, 0.6) is 0 Å². The molecule has 0 radical (unpaired) electrons. The molecule has 2 rings (SSSR count). The number of nitriles is 1. The number of allylic oxidation sites excluding steroid dienone is 1. The molecule has 124 valence electrons. The molecule has 0 N–H and O–H groups in total. The first-order valence-electron chi connectivity index (χ1n) is 7.50. The third-order valence-electron chi connectivity index (χ3n) is 3.91. The summed E-state index contributed by atoms with van der Waals surface area (Å²) in [6.45, 7) is 3.48. The van der Waals surface area contributed by atoms with E-state index in [0.717, 1.165) is 11.8 Å². The highest BCUT2D eigenvalue weighted by atomic mass is 35.5. The number of nitrogens with zero attached hydrogens (tertiary/aromatic N) is 2. The van der Waals surface area contributed by atoms with Gasteiger partial charge in [0.1, 0.15) is 12.9 Å². The van der Waals surface area contributed by atoms with Crippen LogP contribution in [0.1, 0.15) is 31.7 Å². The lowest BCUT2D eigenvalue weighted by atomic mass is 9.76. The molecule has 0 saturated heterocycles. The van der Waals surface area contributed by atoms with Crippen molar-refractivity contribution >= 4 is 29.6 Å². The van der Waals surface area contributed by atoms with Crippen molar-refractivity contribution in [1.29, 1.82) is 5.26 Å². The molecule has 0 fully saturated rings. The highest BCUT2D eigenvalue weighted by molar-refractivity contribution is 6.30. The third-order valence-corrected chi connectivity index (χ3v) is 4.14. The highest BCUT2D eigenvalue weighted by Crippen LogP contribution is 2.39. The normalized spacial score (nSPS) is 20.2. The topological polar surface area (TPSA) is 79.5 Å². The third kappa shape index (κ3) is 3.72. The predicted octanol–water partition coefficient (Wildman–Crippen LogP) is 3.44. The molecular formula is C18H17ClN2O3. The standard InChI is InChI=1S/C18H17ClN2O3/c1-11-15(10-22)17(13-5-3-6-14(19)9-13)16(12(2)21-11)18(23)24-8-4-7-20/h3,5-6,9-10,15,17H,4,8H2,1-2H3. The monoisotopic (exact) mass is 344 g/mol. The van der Waals surface area contributed by atoms with Crippen molar-refractivity contribution in [3.63, 3.8) is 0 Å². The second kappa shape index (κ2) is 7.89. The summed E-state index contributed by atoms with van der Waals surface area (Å²) in [5.74, 6) is -1.63. The van der Waals surface area contributed by atoms with Crippen LogP contribution in [0.25, 0.3) is 0 Å². The predicted molar refractivity (Wildman–Crippen MR) is 90.7 cm³/mol. The number of ether oxygens (including phenoxy) is 1. The fourth-order valence-electron chi connectivity index (χ4n) is 2.84. The Bertz CT molecular complexity index is 762. The van der Waals surface area contributed by atoms with Crippen LogP contribution < -0.4 is 0 Å². The van der Waals surface area contributed by atoms with Crippen LogP contribution in [-0.2, 0) is 14.3 Å². The van der Waals surface area contributed by atoms with E-state index < -0.39 is 17.8 Å². The molecule has 1 aliphatic rings. The molecule has 1 aromatic carbocycles. The molecule has 0 spiro atoms. The van der Waals surface area contributed by atoms with Gasteiger partial charge in [-0.15, -0.1) is 0 Å². The van der Waals surface area contributed by atoms with Gasteiger partial charge in [0.15, 0.2) is 0 Å². The lowest BCUT2D eigenvalue weighted by molar-refractivity contribution is -0.139. The Hall–Kier alpha value is -2.45. The van der Waals surface area contributed by atoms with Gasteiger partial charge in [0.05, 0.1) is 24.0 Å². The second-order valence-electron chi connectivity index (χ2n) is 5.49. The molecule has 0 bridgehead atoms. The van der Waals surface area contributed by atoms with Gasteiger partial charge in [0.2, 0.25) is 0 Å². The molecular weight excluding hydrogens is 328 g/mol. The van der Waals surface area contributed by atoms with Crippen LogP contribution in [0.3, 0.4) is 0 Å². The first kappa shape index (κ1) is 17.9. The average Bonchev–Trinajstić information content (AvgIpc) is 2.54. The van der Waals surface area contributed by atoms with Crippen molar-refractivity contribution in [3.05, 3.63) is 46.1 Å². The van der Waals surface area contributed by atoms with Gasteiger partial charge in [0.25, 0.3) is 0 Å². The van der Waals surface area contributed by atoms with Crippen LogP contribution in [-0.4, -0.2) is 24.6 Å². The Kier molecular flexibility index (Phi) is 5.88. The Balaban J connectivity index is 2.49. The zero-order valence-electron chi connectivity index (χ0n) is 13.5. The highest BCUT2D eigenvalue weighted by Gasteiger charge is 2.37. The minimum Gasteiger partial charge on any atom is -0.461 e. The van der Waals surface area contributed by atoms with E-state index in [0.29, 0.717) is 22.0 Å². The van der Waals surface area contributed by atoms with Gasteiger partial charge in [-0.2, -0.15) is 5.26 Å². The number of esters is 1. The molecule has 1 heterocycles. The maximum Gasteiger partial charge on any atom is 0.336 e. The maximum absolute atomic E-state index is 12.5. The Labute approximate surface area is 145 Å². The van der Waals surface area contributed by atoms with Crippen molar-refractivity contribution in [3.8, 4) is 6.07 Å². The van der Waals surface area contributed by atoms with Crippen LogP contribution in [0.2, 0.25) is 5.02 Å². The van der Waals surface area contributed by atoms with E-state index in [9.17, 15) is 9.59 Å². The first-order chi connectivity index (χ1) is 11.5. The summed E-state index contributed by atoms with van der Waals surface area (Å²) in [6, 6.07) is 8.98. The van der Waals surface area contributed by atoms with E-state index in [1.165, 1.54) is 0 Å². The number of aliphatic imine (C=N–C) groups is 1. The van der Waals surface area contributed by atoms with Crippen molar-refractivity contribution in [2.24, 2.45) is 10.9 Å². The Morgan fingerprint density at radius 2 is 2.21 bits per heavy atom. The van der Waals surface area contributed by atoms with E-state index >= 15 is 0 Å². The Morgan fingerprint density at radius 1 is 1.46 bits per heavy atom. The molecule has 1 aliphatic heterocycles. The minimum absolute atomic E-state index is 0.00281. The van der Waals surface area contributed by atoms with Crippen LogP contribution in [0.15, 0.2) is 40.5 Å². The molecule has 0 saturated carbocycles. The number of carbonyl (C=O) groups excluding carboxylic acids is 2. The van der Waals surface area contributed by atoms with Crippen molar-refractivity contribution < 1.29 is 14.3 Å². The molecule has 2 unspecified atom stereocenters. The van der Waals surface area contributed by atoms with Crippen molar-refractivity contribution in [1.82, 2.24) is 0 Å². The molecule has 0 amide bonds. The number of benzene rings is 1. The zero-order chi connectivity index (χ0) is 17.7. The van der Waals surface area contributed by atoms with Gasteiger partial charge in [-0.25, -0.2) is 4.79 Å². The van der Waals surface area contributed by atoms with Crippen molar-refractivity contribution in [2.45, 2.75) is 26.2 Å². The van der Waals surface area contributed by atoms with E-state index in [1.807, 2.05) is 12.1 Å². The van der Waals surface area contributed by atoms with Gasteiger partial charge < -0.3 is 9.53 Å². The van der Waals surface area contributed by atoms with Gasteiger partial charge in [-0.1, -0.05) is 23.7 Å². The van der Waals surface area contributed by atoms with Crippen molar-refractivity contribution in [2.75, 3.05) is 6.61 Å². The summed E-state index contributed by atoms with van der Waals surface area (Å²) in [7, 11) is 0. The van der Waals surface area contributed by atoms with Gasteiger partial charge >= 0.3 is 5.97 Å². The summed E-state index contributed by atoms with van der Waals surface area (Å²) in [5.41, 5.74) is 2.23. The molecule has 0 aromatic heterocycles. The number of aldehydes is 1. The molecule has 1 aromatic rings. The van der Waals surface area contributed by atoms with Gasteiger partial charge in [0, 0.05) is 22.3 Å². The first-order valence-corrected chi connectivity index (χ1v) is 7.88. The zero-order valence-corrected chi connectivity index (χ0v) is 14.2. The fraction of sp³-hybridized carbons (Fsp3) is 0.333. The number of carbonyl (C=O) groups is 2. The smallest absolute Gasteiger partial charge is 0.336 e. The quantitative estimate of drug-likeness (QED) is 0.465. The minimum atomic E-state index is -0.564. The summed E-state index contributed by atoms with van der Waals surface area (Å²) < 4.78 is 5.16. The molecule has 24 heavy (non-hydrogen) atoms. The second-order valence-corrected chi connectivity index (χ2v) is 5.93. The summed E-state index contributed by atoms with van der Waals surface area (Å²) in [6.07, 6.45) is 0.901. The number of rotatable bonds is 5. The van der Waals surface area contributed by atoms with Crippen LogP contribution >= 0.6 is 11.6 Å². The van der Waals surface area contributed by atoms with E-state index in [1.54, 1.807) is 32.0 Å². The van der Waals surface area contributed by atoms with Gasteiger partial charge in [-0.05, 0) is 31.5 Å². The largest absolute Gasteiger partial charge is 0.461 e. The molecule has 0 aliphatic carbocycles. The SMILES string of the molecule is CC1=NC(C)=C(C(=O)OCCC#N)C(c2cccc(Cl)c2)C1C=O. The van der Waals surface area contributed by atoms with E-state index in [-0.39, 0.29) is 13.0 Å². The number of halogens is 1. The molecule has 6 heteroatoms. The van der Waals surface area contributed by atoms with E-state index in [2.05, 4.69) is 4.99 Å².